The highest BCUT2D eigenvalue weighted by atomic mass is 16.3. The Morgan fingerprint density at radius 3 is 1.68 bits per heavy atom. The average Bonchev–Trinajstić information content (AvgIpc) is 2.42. The smallest absolute Gasteiger partial charge is 0.0590 e. The van der Waals surface area contributed by atoms with Gasteiger partial charge in [-0.3, -0.25) is 0 Å². The highest BCUT2D eigenvalue weighted by molar-refractivity contribution is 4.67. The Hall–Kier alpha value is -0.0800. The zero-order valence-electron chi connectivity index (χ0n) is 13.2. The van der Waals surface area contributed by atoms with Crippen LogP contribution >= 0.6 is 0 Å². The molecule has 0 bridgehead atoms. The lowest BCUT2D eigenvalue weighted by atomic mass is 9.93. The van der Waals surface area contributed by atoms with Crippen molar-refractivity contribution in [1.82, 2.24) is 0 Å². The van der Waals surface area contributed by atoms with Gasteiger partial charge in [-0.15, -0.1) is 0 Å². The van der Waals surface area contributed by atoms with Crippen LogP contribution in [0.25, 0.3) is 0 Å². The van der Waals surface area contributed by atoms with Gasteiger partial charge in [-0.2, -0.15) is 0 Å². The minimum Gasteiger partial charge on any atom is -0.396 e. The lowest BCUT2D eigenvalue weighted by molar-refractivity contribution is 0.0539. The second-order valence-corrected chi connectivity index (χ2v) is 5.92. The van der Waals surface area contributed by atoms with Crippen molar-refractivity contribution < 1.29 is 10.2 Å². The summed E-state index contributed by atoms with van der Waals surface area (Å²) in [6.45, 7) is 4.49. The van der Waals surface area contributed by atoms with Gasteiger partial charge in [-0.05, 0) is 12.8 Å². The van der Waals surface area contributed by atoms with Crippen LogP contribution < -0.4 is 0 Å². The highest BCUT2D eigenvalue weighted by Crippen LogP contribution is 2.17. The van der Waals surface area contributed by atoms with Gasteiger partial charge in [0.15, 0.2) is 0 Å². The second-order valence-electron chi connectivity index (χ2n) is 5.92. The van der Waals surface area contributed by atoms with E-state index in [1.54, 1.807) is 0 Å². The molecule has 0 saturated heterocycles. The minimum atomic E-state index is -0.297. The third-order valence-corrected chi connectivity index (χ3v) is 4.04. The van der Waals surface area contributed by atoms with E-state index in [1.807, 2.05) is 0 Å². The summed E-state index contributed by atoms with van der Waals surface area (Å²) in [5.41, 5.74) is 0. The van der Waals surface area contributed by atoms with Crippen molar-refractivity contribution in [3.63, 3.8) is 0 Å². The number of hydrogen-bond donors (Lipinski definition) is 2. The second kappa shape index (κ2) is 14.3. The first-order valence-electron chi connectivity index (χ1n) is 8.55. The molecule has 0 aliphatic rings. The fraction of sp³-hybridized carbons (Fsp3) is 1.00. The summed E-state index contributed by atoms with van der Waals surface area (Å²) in [6.07, 6.45) is 14.4. The largest absolute Gasteiger partial charge is 0.396 e. The zero-order chi connectivity index (χ0) is 14.3. The molecule has 0 heterocycles. The summed E-state index contributed by atoms with van der Waals surface area (Å²) in [7, 11) is 0. The van der Waals surface area contributed by atoms with Crippen molar-refractivity contribution in [3.8, 4) is 0 Å². The Bertz CT molecular complexity index is 171. The molecule has 0 spiro atoms. The SMILES string of the molecule is CCCCCCCCCCCC(O)C(CO)CCC. The minimum absolute atomic E-state index is 0.0963. The van der Waals surface area contributed by atoms with Crippen LogP contribution in [-0.2, 0) is 0 Å². The van der Waals surface area contributed by atoms with Crippen LogP contribution in [0.3, 0.4) is 0 Å². The Morgan fingerprint density at radius 1 is 0.684 bits per heavy atom. The van der Waals surface area contributed by atoms with Crippen LogP contribution in [0.15, 0.2) is 0 Å². The molecule has 0 saturated carbocycles. The predicted molar refractivity (Wildman–Crippen MR) is 83.3 cm³/mol. The van der Waals surface area contributed by atoms with Crippen molar-refractivity contribution >= 4 is 0 Å². The van der Waals surface area contributed by atoms with Crippen molar-refractivity contribution in [2.75, 3.05) is 6.61 Å². The molecule has 2 nitrogen and oxygen atoms in total. The Kier molecular flexibility index (Phi) is 14.3. The fourth-order valence-electron chi connectivity index (χ4n) is 2.68. The molecule has 0 aliphatic carbocycles. The first-order chi connectivity index (χ1) is 9.26. The van der Waals surface area contributed by atoms with E-state index in [2.05, 4.69) is 13.8 Å². The monoisotopic (exact) mass is 272 g/mol. The number of hydrogen-bond acceptors (Lipinski definition) is 2. The van der Waals surface area contributed by atoms with E-state index < -0.39 is 0 Å². The van der Waals surface area contributed by atoms with Crippen molar-refractivity contribution in [2.45, 2.75) is 97.0 Å². The van der Waals surface area contributed by atoms with Crippen LogP contribution in [0.5, 0.6) is 0 Å². The molecule has 0 rings (SSSR count). The summed E-state index contributed by atoms with van der Waals surface area (Å²) < 4.78 is 0. The van der Waals surface area contributed by atoms with E-state index in [0.29, 0.717) is 0 Å². The van der Waals surface area contributed by atoms with Crippen LogP contribution in [0, 0.1) is 5.92 Å². The van der Waals surface area contributed by atoms with Crippen LogP contribution in [0.1, 0.15) is 90.9 Å². The van der Waals surface area contributed by atoms with E-state index in [9.17, 15) is 10.2 Å². The summed E-state index contributed by atoms with van der Waals surface area (Å²) in [6, 6.07) is 0. The number of aliphatic hydroxyl groups excluding tert-OH is 2. The van der Waals surface area contributed by atoms with Gasteiger partial charge in [-0.1, -0.05) is 78.1 Å². The molecule has 0 aliphatic heterocycles. The predicted octanol–water partition coefficient (Wildman–Crippen LogP) is 4.68. The molecule has 2 unspecified atom stereocenters. The van der Waals surface area contributed by atoms with Gasteiger partial charge in [0.1, 0.15) is 0 Å². The molecule has 0 aromatic carbocycles. The van der Waals surface area contributed by atoms with Crippen molar-refractivity contribution in [1.29, 1.82) is 0 Å². The summed E-state index contributed by atoms with van der Waals surface area (Å²) in [5, 5.41) is 19.2. The Labute approximate surface area is 120 Å². The van der Waals surface area contributed by atoms with E-state index >= 15 is 0 Å². The molecule has 0 amide bonds. The van der Waals surface area contributed by atoms with Crippen molar-refractivity contribution in [3.05, 3.63) is 0 Å². The van der Waals surface area contributed by atoms with E-state index in [-0.39, 0.29) is 18.6 Å². The van der Waals surface area contributed by atoms with Gasteiger partial charge in [0, 0.05) is 12.5 Å². The number of unbranched alkanes of at least 4 members (excludes halogenated alkanes) is 8. The molecule has 2 N–H and O–H groups in total. The highest BCUT2D eigenvalue weighted by Gasteiger charge is 2.16. The molecule has 0 aromatic rings. The quantitative estimate of drug-likeness (QED) is 0.451. The van der Waals surface area contributed by atoms with Gasteiger partial charge in [0.25, 0.3) is 0 Å². The third kappa shape index (κ3) is 11.4. The first kappa shape index (κ1) is 18.9. The standard InChI is InChI=1S/C17H36O2/c1-3-5-6-7-8-9-10-11-12-14-17(19)16(15-18)13-4-2/h16-19H,3-15H2,1-2H3. The summed E-state index contributed by atoms with van der Waals surface area (Å²) >= 11 is 0. The average molecular weight is 272 g/mol. The van der Waals surface area contributed by atoms with Gasteiger partial charge in [-0.25, -0.2) is 0 Å². The van der Waals surface area contributed by atoms with E-state index in [0.717, 1.165) is 25.7 Å². The number of rotatable bonds is 14. The lowest BCUT2D eigenvalue weighted by Gasteiger charge is -2.20. The Balaban J connectivity index is 3.33. The maximum absolute atomic E-state index is 9.98. The fourth-order valence-corrected chi connectivity index (χ4v) is 2.68. The lowest BCUT2D eigenvalue weighted by Crippen LogP contribution is -2.23. The van der Waals surface area contributed by atoms with Crippen molar-refractivity contribution in [2.24, 2.45) is 5.92 Å². The topological polar surface area (TPSA) is 40.5 Å². The van der Waals surface area contributed by atoms with Gasteiger partial charge < -0.3 is 10.2 Å². The molecular formula is C17H36O2. The maximum atomic E-state index is 9.98. The van der Waals surface area contributed by atoms with E-state index in [4.69, 9.17) is 0 Å². The van der Waals surface area contributed by atoms with Gasteiger partial charge in [0.2, 0.25) is 0 Å². The normalized spacial score (nSPS) is 14.5. The van der Waals surface area contributed by atoms with Gasteiger partial charge in [0.05, 0.1) is 6.10 Å². The molecule has 2 atom stereocenters. The molecule has 2 heteroatoms. The Morgan fingerprint density at radius 2 is 1.21 bits per heavy atom. The van der Waals surface area contributed by atoms with Crippen LogP contribution in [-0.4, -0.2) is 22.9 Å². The van der Waals surface area contributed by atoms with Crippen LogP contribution in [0.2, 0.25) is 0 Å². The summed E-state index contributed by atoms with van der Waals surface area (Å²) in [4.78, 5) is 0. The molecule has 0 radical (unpaired) electrons. The first-order valence-corrected chi connectivity index (χ1v) is 8.55. The molecule has 116 valence electrons. The molecule has 19 heavy (non-hydrogen) atoms. The summed E-state index contributed by atoms with van der Waals surface area (Å²) in [5.74, 6) is 0.0963. The number of aliphatic hydroxyl groups is 2. The third-order valence-electron chi connectivity index (χ3n) is 4.04. The maximum Gasteiger partial charge on any atom is 0.0590 e. The zero-order valence-corrected chi connectivity index (χ0v) is 13.2. The molecule has 0 aromatic heterocycles. The van der Waals surface area contributed by atoms with Gasteiger partial charge >= 0.3 is 0 Å². The van der Waals surface area contributed by atoms with Crippen LogP contribution in [0.4, 0.5) is 0 Å². The van der Waals surface area contributed by atoms with E-state index in [1.165, 1.54) is 51.4 Å². The molecule has 0 fully saturated rings. The molecular weight excluding hydrogens is 236 g/mol.